The summed E-state index contributed by atoms with van der Waals surface area (Å²) in [5, 5.41) is 19.7. The number of primary amides is 1. The van der Waals surface area contributed by atoms with Gasteiger partial charge in [-0.15, -0.1) is 0 Å². The van der Waals surface area contributed by atoms with Gasteiger partial charge < -0.3 is 15.9 Å². The number of carbonyl (C=O) groups excluding carboxylic acids is 1. The van der Waals surface area contributed by atoms with Gasteiger partial charge in [-0.3, -0.25) is 4.79 Å². The highest BCUT2D eigenvalue weighted by Crippen LogP contribution is 2.39. The van der Waals surface area contributed by atoms with Gasteiger partial charge >= 0.3 is 0 Å². The average Bonchev–Trinajstić information content (AvgIpc) is 2.64. The van der Waals surface area contributed by atoms with Crippen LogP contribution in [0.5, 0.6) is 11.5 Å². The van der Waals surface area contributed by atoms with Crippen LogP contribution in [0.15, 0.2) is 60.7 Å². The van der Waals surface area contributed by atoms with Crippen LogP contribution in [0.2, 0.25) is 5.02 Å². The first-order valence-corrected chi connectivity index (χ1v) is 8.52. The molecule has 0 aliphatic carbocycles. The number of aromatic hydroxyl groups is 2. The lowest BCUT2D eigenvalue weighted by atomic mass is 9.92. The van der Waals surface area contributed by atoms with E-state index in [0.29, 0.717) is 12.0 Å². The smallest absolute Gasteiger partial charge is 0.217 e. The van der Waals surface area contributed by atoms with Crippen LogP contribution in [0, 0.1) is 0 Å². The van der Waals surface area contributed by atoms with Crippen LogP contribution in [-0.2, 0) is 11.2 Å². The molecule has 0 aliphatic rings. The molecule has 0 radical (unpaired) electrons. The fourth-order valence-electron chi connectivity index (χ4n) is 2.90. The number of carbonyl (C=O) groups is 1. The lowest BCUT2D eigenvalue weighted by Gasteiger charge is -2.13. The van der Waals surface area contributed by atoms with E-state index in [2.05, 4.69) is 0 Å². The summed E-state index contributed by atoms with van der Waals surface area (Å²) in [6, 6.07) is 18.7. The SMILES string of the molecule is NC(=O)CCc1cc(-c2ccccc2)ccc1-c1cc(O)c(Cl)c(O)c1. The normalized spacial score (nSPS) is 10.7. The average molecular weight is 368 g/mol. The van der Waals surface area contributed by atoms with Crippen LogP contribution < -0.4 is 5.73 Å². The highest BCUT2D eigenvalue weighted by molar-refractivity contribution is 6.33. The largest absolute Gasteiger partial charge is 0.506 e. The third kappa shape index (κ3) is 3.81. The van der Waals surface area contributed by atoms with Crippen molar-refractivity contribution in [3.63, 3.8) is 0 Å². The van der Waals surface area contributed by atoms with Gasteiger partial charge in [0.1, 0.15) is 16.5 Å². The summed E-state index contributed by atoms with van der Waals surface area (Å²) in [7, 11) is 0. The minimum absolute atomic E-state index is 0.0895. The van der Waals surface area contributed by atoms with Crippen LogP contribution >= 0.6 is 11.6 Å². The molecular weight excluding hydrogens is 350 g/mol. The van der Waals surface area contributed by atoms with Gasteiger partial charge in [0.15, 0.2) is 0 Å². The van der Waals surface area contributed by atoms with Gasteiger partial charge in [0, 0.05) is 6.42 Å². The summed E-state index contributed by atoms with van der Waals surface area (Å²) < 4.78 is 0. The standard InChI is InChI=1S/C21H18ClNO3/c22-21-18(24)11-16(12-19(21)25)17-8-6-14(13-4-2-1-3-5-13)10-15(17)7-9-20(23)26/h1-6,8,10-12,24-25H,7,9H2,(H2,23,26). The Hall–Kier alpha value is -2.98. The van der Waals surface area contributed by atoms with Crippen LogP contribution in [0.3, 0.4) is 0 Å². The lowest BCUT2D eigenvalue weighted by Crippen LogP contribution is -2.11. The Kier molecular flexibility index (Phi) is 5.14. The molecule has 0 aromatic heterocycles. The summed E-state index contributed by atoms with van der Waals surface area (Å²) in [4.78, 5) is 11.3. The molecule has 3 aromatic carbocycles. The molecule has 0 heterocycles. The summed E-state index contributed by atoms with van der Waals surface area (Å²) in [5.74, 6) is -0.785. The lowest BCUT2D eigenvalue weighted by molar-refractivity contribution is -0.117. The van der Waals surface area contributed by atoms with Crippen molar-refractivity contribution in [2.24, 2.45) is 5.73 Å². The number of phenols is 2. The highest BCUT2D eigenvalue weighted by Gasteiger charge is 2.13. The Balaban J connectivity index is 2.10. The maximum atomic E-state index is 11.3. The molecule has 4 nitrogen and oxygen atoms in total. The molecule has 5 heteroatoms. The van der Waals surface area contributed by atoms with Gasteiger partial charge in [0.2, 0.25) is 5.91 Å². The summed E-state index contributed by atoms with van der Waals surface area (Å²) in [6.45, 7) is 0. The van der Waals surface area contributed by atoms with Crippen LogP contribution in [0.25, 0.3) is 22.3 Å². The Morgan fingerprint density at radius 1 is 0.885 bits per heavy atom. The Morgan fingerprint density at radius 3 is 2.15 bits per heavy atom. The number of benzene rings is 3. The van der Waals surface area contributed by atoms with E-state index in [1.54, 1.807) is 0 Å². The van der Waals surface area contributed by atoms with Gasteiger partial charge in [-0.05, 0) is 46.4 Å². The summed E-state index contributed by atoms with van der Waals surface area (Å²) >= 11 is 5.82. The molecule has 4 N–H and O–H groups in total. The van der Waals surface area contributed by atoms with Gasteiger partial charge in [-0.25, -0.2) is 0 Å². The molecule has 26 heavy (non-hydrogen) atoms. The van der Waals surface area contributed by atoms with Crippen LogP contribution in [0.4, 0.5) is 0 Å². The molecule has 0 fully saturated rings. The van der Waals surface area contributed by atoms with Gasteiger partial charge in [-0.1, -0.05) is 60.1 Å². The number of phenolic OH excluding ortho intramolecular Hbond substituents is 2. The van der Waals surface area contributed by atoms with Gasteiger partial charge in [-0.2, -0.15) is 0 Å². The van der Waals surface area contributed by atoms with Crippen molar-refractivity contribution in [3.05, 3.63) is 71.2 Å². The van der Waals surface area contributed by atoms with Gasteiger partial charge in [0.25, 0.3) is 0 Å². The van der Waals surface area contributed by atoms with E-state index < -0.39 is 0 Å². The maximum Gasteiger partial charge on any atom is 0.217 e. The third-order valence-electron chi connectivity index (χ3n) is 4.20. The minimum Gasteiger partial charge on any atom is -0.506 e. The van der Waals surface area contributed by atoms with E-state index in [0.717, 1.165) is 22.3 Å². The van der Waals surface area contributed by atoms with Crippen molar-refractivity contribution >= 4 is 17.5 Å². The second kappa shape index (κ2) is 7.50. The zero-order valence-corrected chi connectivity index (χ0v) is 14.7. The van der Waals surface area contributed by atoms with E-state index in [4.69, 9.17) is 17.3 Å². The fourth-order valence-corrected chi connectivity index (χ4v) is 3.01. The molecular formula is C21H18ClNO3. The Bertz CT molecular complexity index is 932. The molecule has 0 unspecified atom stereocenters. The van der Waals surface area contributed by atoms with Crippen LogP contribution in [0.1, 0.15) is 12.0 Å². The zero-order chi connectivity index (χ0) is 18.7. The quantitative estimate of drug-likeness (QED) is 0.620. The van der Waals surface area contributed by atoms with E-state index in [1.807, 2.05) is 48.5 Å². The molecule has 3 rings (SSSR count). The first-order chi connectivity index (χ1) is 12.5. The molecule has 132 valence electrons. The van der Waals surface area contributed by atoms with Crippen molar-refractivity contribution in [3.8, 4) is 33.8 Å². The Labute approximate surface area is 156 Å². The number of amides is 1. The second-order valence-corrected chi connectivity index (χ2v) is 6.41. The van der Waals surface area contributed by atoms with Crippen LogP contribution in [-0.4, -0.2) is 16.1 Å². The third-order valence-corrected chi connectivity index (χ3v) is 4.59. The number of halogens is 1. The van der Waals surface area contributed by atoms with E-state index in [-0.39, 0.29) is 28.8 Å². The molecule has 0 saturated carbocycles. The topological polar surface area (TPSA) is 83.6 Å². The monoisotopic (exact) mass is 367 g/mol. The molecule has 0 spiro atoms. The number of rotatable bonds is 5. The zero-order valence-electron chi connectivity index (χ0n) is 13.9. The molecule has 1 amide bonds. The summed E-state index contributed by atoms with van der Waals surface area (Å²) in [6.07, 6.45) is 0.659. The number of aryl methyl sites for hydroxylation is 1. The molecule has 3 aromatic rings. The molecule has 0 bridgehead atoms. The van der Waals surface area contributed by atoms with Crippen molar-refractivity contribution in [2.75, 3.05) is 0 Å². The Morgan fingerprint density at radius 2 is 1.54 bits per heavy atom. The van der Waals surface area contributed by atoms with Crippen molar-refractivity contribution in [2.45, 2.75) is 12.8 Å². The first-order valence-electron chi connectivity index (χ1n) is 8.14. The van der Waals surface area contributed by atoms with E-state index >= 15 is 0 Å². The molecule has 0 saturated heterocycles. The highest BCUT2D eigenvalue weighted by atomic mass is 35.5. The van der Waals surface area contributed by atoms with Gasteiger partial charge in [0.05, 0.1) is 0 Å². The predicted octanol–water partition coefficient (Wildman–Crippen LogP) is 4.50. The fraction of sp³-hybridized carbons (Fsp3) is 0.0952. The van der Waals surface area contributed by atoms with Crippen molar-refractivity contribution in [1.29, 1.82) is 0 Å². The second-order valence-electron chi connectivity index (χ2n) is 6.03. The first kappa shape index (κ1) is 17.8. The van der Waals surface area contributed by atoms with Crippen molar-refractivity contribution < 1.29 is 15.0 Å². The summed E-state index contributed by atoms with van der Waals surface area (Å²) in [5.41, 5.74) is 9.69. The number of nitrogens with two attached hydrogens (primary N) is 1. The number of hydrogen-bond donors (Lipinski definition) is 3. The maximum absolute atomic E-state index is 11.3. The molecule has 0 aliphatic heterocycles. The van der Waals surface area contributed by atoms with Crippen molar-refractivity contribution in [1.82, 2.24) is 0 Å². The molecule has 0 atom stereocenters. The number of hydrogen-bond acceptors (Lipinski definition) is 3. The minimum atomic E-state index is -0.386. The van der Waals surface area contributed by atoms with E-state index in [9.17, 15) is 15.0 Å². The van der Waals surface area contributed by atoms with E-state index in [1.165, 1.54) is 12.1 Å². The predicted molar refractivity (Wildman–Crippen MR) is 103 cm³/mol.